The van der Waals surface area contributed by atoms with E-state index in [9.17, 15) is 9.59 Å². The lowest BCUT2D eigenvalue weighted by Crippen LogP contribution is -2.58. The van der Waals surface area contributed by atoms with Gasteiger partial charge in [-0.15, -0.1) is 0 Å². The molecule has 2 aromatic rings. The molecule has 3 N–H and O–H groups in total. The maximum absolute atomic E-state index is 13.1. The zero-order chi connectivity index (χ0) is 17.1. The molecule has 0 bridgehead atoms. The number of nitrogens with zero attached hydrogens (tertiary/aromatic N) is 2. The summed E-state index contributed by atoms with van der Waals surface area (Å²) in [4.78, 5) is 26.3. The van der Waals surface area contributed by atoms with Gasteiger partial charge in [0, 0.05) is 50.4 Å². The second-order valence-corrected chi connectivity index (χ2v) is 5.87. The maximum Gasteiger partial charge on any atom is 0.256 e. The predicted molar refractivity (Wildman–Crippen MR) is 90.7 cm³/mol. The number of hydrogen-bond acceptors (Lipinski definition) is 4. The van der Waals surface area contributed by atoms with Gasteiger partial charge in [-0.2, -0.15) is 0 Å². The Bertz CT molecular complexity index is 755. The number of nitrogens with one attached hydrogen (secondary N) is 1. The van der Waals surface area contributed by atoms with Crippen LogP contribution in [0.25, 0.3) is 10.9 Å². The van der Waals surface area contributed by atoms with Crippen LogP contribution in [-0.2, 0) is 16.1 Å². The Hall–Kier alpha value is -2.38. The number of piperazine rings is 1. The average Bonchev–Trinajstić information content (AvgIpc) is 2.98. The molecular formula is C17H22N4O3. The zero-order valence-electron chi connectivity index (χ0n) is 13.7. The summed E-state index contributed by atoms with van der Waals surface area (Å²) in [5.41, 5.74) is 7.03. The van der Waals surface area contributed by atoms with Gasteiger partial charge >= 0.3 is 0 Å². The number of carbonyl (C=O) groups is 2. The summed E-state index contributed by atoms with van der Waals surface area (Å²) in [6, 6.07) is 7.13. The van der Waals surface area contributed by atoms with Crippen LogP contribution in [0.1, 0.15) is 10.4 Å². The molecule has 24 heavy (non-hydrogen) atoms. The Labute approximate surface area is 140 Å². The molecule has 1 fully saturated rings. The first-order chi connectivity index (χ1) is 11.6. The molecule has 1 saturated heterocycles. The summed E-state index contributed by atoms with van der Waals surface area (Å²) >= 11 is 0. The third-order valence-electron chi connectivity index (χ3n) is 4.39. The third-order valence-corrected chi connectivity index (χ3v) is 4.39. The third kappa shape index (κ3) is 3.00. The maximum atomic E-state index is 13.1. The van der Waals surface area contributed by atoms with Gasteiger partial charge in [-0.1, -0.05) is 18.2 Å². The summed E-state index contributed by atoms with van der Waals surface area (Å²) in [6.07, 6.45) is 1.84. The van der Waals surface area contributed by atoms with Crippen molar-refractivity contribution in [2.75, 3.05) is 33.4 Å². The van der Waals surface area contributed by atoms with Gasteiger partial charge in [-0.05, 0) is 6.07 Å². The van der Waals surface area contributed by atoms with Gasteiger partial charge in [0.2, 0.25) is 5.91 Å². The number of fused-ring (bicyclic) bond motifs is 1. The molecule has 7 heteroatoms. The van der Waals surface area contributed by atoms with Crippen LogP contribution in [0.3, 0.4) is 0 Å². The van der Waals surface area contributed by atoms with Crippen molar-refractivity contribution in [1.82, 2.24) is 14.8 Å². The summed E-state index contributed by atoms with van der Waals surface area (Å²) in [6.45, 7) is 2.72. The van der Waals surface area contributed by atoms with Crippen LogP contribution in [0.4, 0.5) is 0 Å². The first kappa shape index (κ1) is 16.5. The molecule has 0 aliphatic carbocycles. The minimum atomic E-state index is -0.618. The number of methoxy groups -OCH3 is 1. The first-order valence-electron chi connectivity index (χ1n) is 8.01. The van der Waals surface area contributed by atoms with Crippen molar-refractivity contribution in [3.05, 3.63) is 36.0 Å². The largest absolute Gasteiger partial charge is 0.383 e. The van der Waals surface area contributed by atoms with E-state index in [1.165, 1.54) is 0 Å². The average molecular weight is 330 g/mol. The van der Waals surface area contributed by atoms with Crippen molar-refractivity contribution < 1.29 is 14.3 Å². The number of primary amides is 1. The number of hydrogen-bond donors (Lipinski definition) is 2. The molecule has 0 unspecified atom stereocenters. The molecular weight excluding hydrogens is 308 g/mol. The lowest BCUT2D eigenvalue weighted by molar-refractivity contribution is -0.122. The quantitative estimate of drug-likeness (QED) is 0.819. The standard InChI is InChI=1S/C17H22N4O3/c1-24-9-8-20-11-13(12-4-2-3-5-14(12)20)17(23)21-7-6-19-10-15(21)16(18)22/h2-5,11,15,19H,6-10H2,1H3,(H2,18,22)/t15-/m0/s1. The van der Waals surface area contributed by atoms with Crippen LogP contribution in [0.15, 0.2) is 30.5 Å². The van der Waals surface area contributed by atoms with Gasteiger partial charge in [0.25, 0.3) is 5.91 Å². The topological polar surface area (TPSA) is 89.6 Å². The molecule has 0 radical (unpaired) electrons. The molecule has 1 aliphatic rings. The van der Waals surface area contributed by atoms with E-state index in [0.717, 1.165) is 10.9 Å². The number of amides is 2. The smallest absolute Gasteiger partial charge is 0.256 e. The molecule has 0 spiro atoms. The van der Waals surface area contributed by atoms with Gasteiger partial charge in [0.1, 0.15) is 6.04 Å². The Balaban J connectivity index is 1.98. The van der Waals surface area contributed by atoms with Crippen molar-refractivity contribution in [2.24, 2.45) is 5.73 Å². The fourth-order valence-electron chi connectivity index (χ4n) is 3.15. The molecule has 7 nitrogen and oxygen atoms in total. The van der Waals surface area contributed by atoms with Crippen LogP contribution in [0, 0.1) is 0 Å². The molecule has 3 rings (SSSR count). The lowest BCUT2D eigenvalue weighted by atomic mass is 10.1. The highest BCUT2D eigenvalue weighted by Gasteiger charge is 2.32. The number of carbonyl (C=O) groups excluding carboxylic acids is 2. The van der Waals surface area contributed by atoms with E-state index in [4.69, 9.17) is 10.5 Å². The van der Waals surface area contributed by atoms with Crippen molar-refractivity contribution in [3.8, 4) is 0 Å². The van der Waals surface area contributed by atoms with Crippen molar-refractivity contribution >= 4 is 22.7 Å². The molecule has 2 amide bonds. The Kier molecular flexibility index (Phi) is 4.82. The molecule has 1 aromatic carbocycles. The number of aromatic nitrogens is 1. The number of ether oxygens (including phenoxy) is 1. The van der Waals surface area contributed by atoms with E-state index >= 15 is 0 Å². The van der Waals surface area contributed by atoms with Crippen LogP contribution in [0.2, 0.25) is 0 Å². The zero-order valence-corrected chi connectivity index (χ0v) is 13.7. The molecule has 128 valence electrons. The molecule has 1 aliphatic heterocycles. The van der Waals surface area contributed by atoms with Crippen LogP contribution >= 0.6 is 0 Å². The molecule has 0 saturated carbocycles. The van der Waals surface area contributed by atoms with E-state index in [2.05, 4.69) is 5.32 Å². The first-order valence-corrected chi connectivity index (χ1v) is 8.01. The van der Waals surface area contributed by atoms with Crippen molar-refractivity contribution in [3.63, 3.8) is 0 Å². The predicted octanol–water partition coefficient (Wildman–Crippen LogP) is 0.187. The fourth-order valence-corrected chi connectivity index (χ4v) is 3.15. The highest BCUT2D eigenvalue weighted by Crippen LogP contribution is 2.24. The normalized spacial score (nSPS) is 18.0. The van der Waals surface area contributed by atoms with Crippen LogP contribution < -0.4 is 11.1 Å². The van der Waals surface area contributed by atoms with Gasteiger partial charge in [0.05, 0.1) is 12.2 Å². The molecule has 1 aromatic heterocycles. The van der Waals surface area contributed by atoms with Crippen molar-refractivity contribution in [2.45, 2.75) is 12.6 Å². The SMILES string of the molecule is COCCn1cc(C(=O)N2CCNC[C@H]2C(N)=O)c2ccccc21. The van der Waals surface area contributed by atoms with E-state index < -0.39 is 11.9 Å². The second-order valence-electron chi connectivity index (χ2n) is 5.87. The Morgan fingerprint density at radius 1 is 1.38 bits per heavy atom. The highest BCUT2D eigenvalue weighted by atomic mass is 16.5. The van der Waals surface area contributed by atoms with E-state index in [1.807, 2.05) is 35.0 Å². The van der Waals surface area contributed by atoms with Gasteiger partial charge in [-0.3, -0.25) is 9.59 Å². The number of para-hydroxylation sites is 1. The second kappa shape index (κ2) is 7.02. The molecule has 2 heterocycles. The number of benzene rings is 1. The summed E-state index contributed by atoms with van der Waals surface area (Å²) in [5.74, 6) is -0.647. The highest BCUT2D eigenvalue weighted by molar-refractivity contribution is 6.08. The van der Waals surface area contributed by atoms with Crippen LogP contribution in [-0.4, -0.2) is 60.7 Å². The van der Waals surface area contributed by atoms with Gasteiger partial charge in [0.15, 0.2) is 0 Å². The van der Waals surface area contributed by atoms with E-state index in [-0.39, 0.29) is 5.91 Å². The summed E-state index contributed by atoms with van der Waals surface area (Å²) < 4.78 is 7.15. The van der Waals surface area contributed by atoms with E-state index in [0.29, 0.717) is 38.3 Å². The summed E-state index contributed by atoms with van der Waals surface area (Å²) in [7, 11) is 1.65. The minimum absolute atomic E-state index is 0.160. The lowest BCUT2D eigenvalue weighted by Gasteiger charge is -2.34. The minimum Gasteiger partial charge on any atom is -0.383 e. The fraction of sp³-hybridized carbons (Fsp3) is 0.412. The van der Waals surface area contributed by atoms with Crippen molar-refractivity contribution in [1.29, 1.82) is 0 Å². The van der Waals surface area contributed by atoms with Crippen LogP contribution in [0.5, 0.6) is 0 Å². The Morgan fingerprint density at radius 3 is 2.92 bits per heavy atom. The Morgan fingerprint density at radius 2 is 2.17 bits per heavy atom. The summed E-state index contributed by atoms with van der Waals surface area (Å²) in [5, 5.41) is 3.98. The molecule has 1 atom stereocenters. The monoisotopic (exact) mass is 330 g/mol. The van der Waals surface area contributed by atoms with E-state index in [1.54, 1.807) is 12.0 Å². The van der Waals surface area contributed by atoms with Gasteiger partial charge < -0.3 is 25.3 Å². The number of nitrogens with two attached hydrogens (primary N) is 1. The van der Waals surface area contributed by atoms with Gasteiger partial charge in [-0.25, -0.2) is 0 Å². The number of rotatable bonds is 5.